The van der Waals surface area contributed by atoms with E-state index in [2.05, 4.69) is 31.3 Å². The number of thiophene rings is 1. The SMILES string of the molecule is O=C(Nc1nn[nH]n1)c1ccc(CN(C(=O)Nc2cc(-c3ccsc3)cc(C(F)(F)F)c2)c2ccc(C3CCCCC3)cc2)cc1. The number of halogens is 3. The van der Waals surface area contributed by atoms with E-state index in [-0.39, 0.29) is 18.2 Å². The third kappa shape index (κ3) is 7.42. The van der Waals surface area contributed by atoms with Crippen LogP contribution in [0.4, 0.5) is 35.3 Å². The second-order valence-corrected chi connectivity index (χ2v) is 11.9. The van der Waals surface area contributed by atoms with Crippen molar-refractivity contribution in [3.8, 4) is 11.1 Å². The van der Waals surface area contributed by atoms with Crippen LogP contribution < -0.4 is 15.5 Å². The monoisotopic (exact) mass is 645 g/mol. The summed E-state index contributed by atoms with van der Waals surface area (Å²) < 4.78 is 41.6. The number of aromatic nitrogens is 4. The van der Waals surface area contributed by atoms with Gasteiger partial charge in [-0.25, -0.2) is 4.79 Å². The number of H-pyrrole nitrogens is 1. The fourth-order valence-corrected chi connectivity index (χ4v) is 6.29. The maximum Gasteiger partial charge on any atom is 0.416 e. The fraction of sp³-hybridized carbons (Fsp3) is 0.242. The lowest BCUT2D eigenvalue weighted by molar-refractivity contribution is -0.137. The first-order valence-corrected chi connectivity index (χ1v) is 15.7. The number of nitrogens with one attached hydrogen (secondary N) is 3. The van der Waals surface area contributed by atoms with Crippen LogP contribution in [0.5, 0.6) is 0 Å². The summed E-state index contributed by atoms with van der Waals surface area (Å²) in [5.41, 5.74) is 2.98. The molecule has 0 spiro atoms. The largest absolute Gasteiger partial charge is 0.416 e. The van der Waals surface area contributed by atoms with Gasteiger partial charge in [-0.3, -0.25) is 15.0 Å². The molecule has 6 rings (SSSR count). The Morgan fingerprint density at radius 2 is 1.67 bits per heavy atom. The van der Waals surface area contributed by atoms with E-state index in [0.29, 0.717) is 33.9 Å². The van der Waals surface area contributed by atoms with Crippen LogP contribution >= 0.6 is 11.3 Å². The average Bonchev–Trinajstić information content (AvgIpc) is 3.79. The predicted molar refractivity (Wildman–Crippen MR) is 171 cm³/mol. The smallest absolute Gasteiger partial charge is 0.307 e. The number of hydrogen-bond donors (Lipinski definition) is 3. The Morgan fingerprint density at radius 1 is 0.913 bits per heavy atom. The Bertz CT molecular complexity index is 1770. The first-order chi connectivity index (χ1) is 22.2. The number of alkyl halides is 3. The van der Waals surface area contributed by atoms with Crippen molar-refractivity contribution in [3.05, 3.63) is 106 Å². The molecule has 1 aliphatic carbocycles. The Labute approximate surface area is 266 Å². The van der Waals surface area contributed by atoms with Crippen molar-refractivity contribution in [1.29, 1.82) is 0 Å². The number of carbonyl (C=O) groups excluding carboxylic acids is 2. The highest BCUT2D eigenvalue weighted by molar-refractivity contribution is 7.08. The molecule has 13 heteroatoms. The van der Waals surface area contributed by atoms with Gasteiger partial charge in [0.05, 0.1) is 12.1 Å². The third-order valence-corrected chi connectivity index (χ3v) is 8.70. The molecule has 9 nitrogen and oxygen atoms in total. The number of urea groups is 1. The van der Waals surface area contributed by atoms with E-state index in [0.717, 1.165) is 25.0 Å². The van der Waals surface area contributed by atoms with Crippen LogP contribution in [0.15, 0.2) is 83.6 Å². The van der Waals surface area contributed by atoms with Crippen molar-refractivity contribution in [2.24, 2.45) is 0 Å². The molecule has 1 fully saturated rings. The third-order valence-electron chi connectivity index (χ3n) is 8.02. The zero-order valence-electron chi connectivity index (χ0n) is 24.6. The molecular formula is C33H30F3N7O2S. The second-order valence-electron chi connectivity index (χ2n) is 11.1. The highest BCUT2D eigenvalue weighted by Gasteiger charge is 2.32. The summed E-state index contributed by atoms with van der Waals surface area (Å²) >= 11 is 1.37. The highest BCUT2D eigenvalue weighted by atomic mass is 32.1. The van der Waals surface area contributed by atoms with Crippen molar-refractivity contribution in [1.82, 2.24) is 20.6 Å². The number of hydrogen-bond acceptors (Lipinski definition) is 6. The minimum atomic E-state index is -4.60. The minimum absolute atomic E-state index is 0.0262. The van der Waals surface area contributed by atoms with Crippen molar-refractivity contribution < 1.29 is 22.8 Å². The summed E-state index contributed by atoms with van der Waals surface area (Å²) in [6, 6.07) is 19.1. The standard InChI is InChI=1S/C33H30F3N7O2S/c34-33(35,36)27-16-26(25-14-15-46-20-25)17-28(18-27)37-32(45)43(29-12-10-23(11-13-29)22-4-2-1-3-5-22)19-21-6-8-24(9-7-21)30(44)38-31-39-41-42-40-31/h6-18,20,22H,1-5,19H2,(H,37,45)(H2,38,39,40,41,42,44). The van der Waals surface area contributed by atoms with E-state index >= 15 is 0 Å². The molecule has 5 aromatic rings. The van der Waals surface area contributed by atoms with Crippen molar-refractivity contribution >= 4 is 40.6 Å². The van der Waals surface area contributed by atoms with Crippen molar-refractivity contribution in [2.45, 2.75) is 50.7 Å². The number of rotatable bonds is 8. The van der Waals surface area contributed by atoms with Gasteiger partial charge >= 0.3 is 12.2 Å². The van der Waals surface area contributed by atoms with Gasteiger partial charge in [0.2, 0.25) is 0 Å². The predicted octanol–water partition coefficient (Wildman–Crippen LogP) is 8.49. The average molecular weight is 646 g/mol. The van der Waals surface area contributed by atoms with Crippen LogP contribution in [-0.4, -0.2) is 32.6 Å². The lowest BCUT2D eigenvalue weighted by Gasteiger charge is -2.26. The van der Waals surface area contributed by atoms with Crippen molar-refractivity contribution in [2.75, 3.05) is 15.5 Å². The molecule has 0 aliphatic heterocycles. The minimum Gasteiger partial charge on any atom is -0.307 e. The molecule has 1 saturated carbocycles. The summed E-state index contributed by atoms with van der Waals surface area (Å²) in [4.78, 5) is 27.9. The van der Waals surface area contributed by atoms with Gasteiger partial charge < -0.3 is 5.32 Å². The molecule has 0 unspecified atom stereocenters. The number of carbonyl (C=O) groups is 2. The lowest BCUT2D eigenvalue weighted by Crippen LogP contribution is -2.34. The summed E-state index contributed by atoms with van der Waals surface area (Å²) in [7, 11) is 0. The topological polar surface area (TPSA) is 116 Å². The molecule has 236 valence electrons. The maximum absolute atomic E-state index is 13.9. The molecular weight excluding hydrogens is 615 g/mol. The van der Waals surface area contributed by atoms with E-state index in [1.165, 1.54) is 47.1 Å². The summed E-state index contributed by atoms with van der Waals surface area (Å²) in [5, 5.41) is 21.9. The number of nitrogens with zero attached hydrogens (tertiary/aromatic N) is 4. The molecule has 2 heterocycles. The van der Waals surface area contributed by atoms with Crippen LogP contribution in [0.2, 0.25) is 0 Å². The van der Waals surface area contributed by atoms with Gasteiger partial charge in [-0.05, 0) is 106 Å². The zero-order valence-corrected chi connectivity index (χ0v) is 25.4. The van der Waals surface area contributed by atoms with Gasteiger partial charge in [0.15, 0.2) is 0 Å². The Kier molecular flexibility index (Phi) is 9.11. The van der Waals surface area contributed by atoms with Gasteiger partial charge in [0.1, 0.15) is 0 Å². The number of amides is 3. The first-order valence-electron chi connectivity index (χ1n) is 14.8. The molecule has 0 radical (unpaired) electrons. The molecule has 2 aromatic heterocycles. The Balaban J connectivity index is 1.27. The molecule has 0 bridgehead atoms. The number of aromatic amines is 1. The van der Waals surface area contributed by atoms with Crippen LogP contribution in [0.25, 0.3) is 11.1 Å². The van der Waals surface area contributed by atoms with Gasteiger partial charge in [-0.1, -0.05) is 48.6 Å². The molecule has 0 saturated heterocycles. The van der Waals surface area contributed by atoms with E-state index in [9.17, 15) is 22.8 Å². The first kappa shape index (κ1) is 31.0. The number of tetrazole rings is 1. The van der Waals surface area contributed by atoms with E-state index in [1.54, 1.807) is 41.1 Å². The molecule has 0 atom stereocenters. The molecule has 3 N–H and O–H groups in total. The molecule has 3 amide bonds. The van der Waals surface area contributed by atoms with Gasteiger partial charge in [0, 0.05) is 16.9 Å². The molecule has 3 aromatic carbocycles. The summed E-state index contributed by atoms with van der Waals surface area (Å²) in [6.07, 6.45) is 1.26. The van der Waals surface area contributed by atoms with Crippen LogP contribution in [0.3, 0.4) is 0 Å². The van der Waals surface area contributed by atoms with Crippen LogP contribution in [0.1, 0.15) is 65.1 Å². The fourth-order valence-electron chi connectivity index (χ4n) is 5.63. The van der Waals surface area contributed by atoms with Gasteiger partial charge in [0.25, 0.3) is 11.9 Å². The van der Waals surface area contributed by atoms with Crippen molar-refractivity contribution in [3.63, 3.8) is 0 Å². The maximum atomic E-state index is 13.9. The van der Waals surface area contributed by atoms with E-state index in [1.807, 2.05) is 24.3 Å². The molecule has 1 aliphatic rings. The number of anilines is 3. The van der Waals surface area contributed by atoms with E-state index < -0.39 is 23.7 Å². The van der Waals surface area contributed by atoms with Crippen LogP contribution in [-0.2, 0) is 12.7 Å². The zero-order chi connectivity index (χ0) is 32.1. The second kappa shape index (κ2) is 13.5. The van der Waals surface area contributed by atoms with Crippen LogP contribution in [0, 0.1) is 0 Å². The van der Waals surface area contributed by atoms with Gasteiger partial charge in [-0.2, -0.15) is 29.7 Å². The van der Waals surface area contributed by atoms with Gasteiger partial charge in [-0.15, -0.1) is 5.10 Å². The molecule has 46 heavy (non-hydrogen) atoms. The summed E-state index contributed by atoms with van der Waals surface area (Å²) in [6.45, 7) is 0.0949. The summed E-state index contributed by atoms with van der Waals surface area (Å²) in [5.74, 6) is 0.0639. The van der Waals surface area contributed by atoms with E-state index in [4.69, 9.17) is 0 Å². The normalized spacial score (nSPS) is 13.7. The lowest BCUT2D eigenvalue weighted by atomic mass is 9.84. The quantitative estimate of drug-likeness (QED) is 0.157. The number of benzene rings is 3. The highest BCUT2D eigenvalue weighted by Crippen LogP contribution is 2.36. The Hall–Kier alpha value is -5.04. The Morgan fingerprint density at radius 3 is 2.33 bits per heavy atom.